The number of benzene rings is 3. The Morgan fingerprint density at radius 1 is 0.720 bits per heavy atom. The van der Waals surface area contributed by atoms with Gasteiger partial charge in [-0.15, -0.1) is 0 Å². The highest BCUT2D eigenvalue weighted by Gasteiger charge is 2.38. The Morgan fingerprint density at radius 2 is 1.22 bits per heavy atom. The van der Waals surface area contributed by atoms with Gasteiger partial charge in [0, 0.05) is 19.6 Å². The van der Waals surface area contributed by atoms with Crippen molar-refractivity contribution in [1.29, 1.82) is 0 Å². The molecule has 0 saturated carbocycles. The minimum absolute atomic E-state index is 0.0238. The maximum Gasteiger partial charge on any atom is 0.265 e. The van der Waals surface area contributed by atoms with Gasteiger partial charge in [-0.2, -0.15) is 0 Å². The third kappa shape index (κ3) is 6.36. The maximum atomic E-state index is 14.5. The smallest absolute Gasteiger partial charge is 0.265 e. The fraction of sp³-hybridized carbons (Fsp3) is 0.421. The van der Waals surface area contributed by atoms with Crippen LogP contribution in [0, 0.1) is 20.8 Å². The van der Waals surface area contributed by atoms with E-state index in [0.29, 0.717) is 59.1 Å². The van der Waals surface area contributed by atoms with E-state index in [4.69, 9.17) is 9.57 Å². The second-order valence-corrected chi connectivity index (χ2v) is 15.5. The van der Waals surface area contributed by atoms with Crippen molar-refractivity contribution in [3.05, 3.63) is 93.0 Å². The molecule has 0 radical (unpaired) electrons. The minimum Gasteiger partial charge on any atom is -0.487 e. The lowest BCUT2D eigenvalue weighted by Gasteiger charge is -2.36. The lowest BCUT2D eigenvalue weighted by molar-refractivity contribution is -0.0867. The molecular formula is C38H43N3O8S. The topological polar surface area (TPSA) is 131 Å². The van der Waals surface area contributed by atoms with Crippen LogP contribution in [-0.2, 0) is 21.3 Å². The third-order valence-electron chi connectivity index (χ3n) is 9.93. The van der Waals surface area contributed by atoms with Gasteiger partial charge in [0.15, 0.2) is 0 Å². The number of hydrogen-bond donors (Lipinski definition) is 0. The van der Waals surface area contributed by atoms with Crippen molar-refractivity contribution in [3.63, 3.8) is 0 Å². The summed E-state index contributed by atoms with van der Waals surface area (Å²) >= 11 is 0. The number of sulfonamides is 1. The molecule has 0 atom stereocenters. The van der Waals surface area contributed by atoms with Gasteiger partial charge in [-0.1, -0.05) is 35.2 Å². The maximum absolute atomic E-state index is 14.5. The van der Waals surface area contributed by atoms with Crippen LogP contribution in [0.2, 0.25) is 0 Å². The van der Waals surface area contributed by atoms with Gasteiger partial charge in [0.25, 0.3) is 33.7 Å². The zero-order valence-corrected chi connectivity index (χ0v) is 30.0. The number of hydroxylamine groups is 1. The van der Waals surface area contributed by atoms with Crippen molar-refractivity contribution in [2.75, 3.05) is 26.2 Å². The van der Waals surface area contributed by atoms with E-state index in [-0.39, 0.29) is 66.8 Å². The Labute approximate surface area is 293 Å². The Morgan fingerprint density at radius 3 is 1.74 bits per heavy atom. The first-order valence-corrected chi connectivity index (χ1v) is 18.6. The van der Waals surface area contributed by atoms with E-state index in [1.165, 1.54) is 4.90 Å². The third-order valence-corrected chi connectivity index (χ3v) is 11.9. The van der Waals surface area contributed by atoms with E-state index < -0.39 is 10.0 Å². The molecule has 0 N–H and O–H groups in total. The molecule has 0 bridgehead atoms. The number of hydrogen-bond acceptors (Lipinski definition) is 8. The van der Waals surface area contributed by atoms with Crippen LogP contribution in [0.3, 0.4) is 0 Å². The molecular weight excluding hydrogens is 658 g/mol. The zero-order valence-electron chi connectivity index (χ0n) is 29.2. The zero-order chi connectivity index (χ0) is 36.0. The highest BCUT2D eigenvalue weighted by molar-refractivity contribution is 7.89. The molecule has 3 aliphatic heterocycles. The average molecular weight is 702 g/mol. The lowest BCUT2D eigenvalue weighted by Crippen LogP contribution is -2.37. The Kier molecular flexibility index (Phi) is 9.73. The predicted molar refractivity (Wildman–Crippen MR) is 186 cm³/mol. The van der Waals surface area contributed by atoms with Gasteiger partial charge in [-0.25, -0.2) is 8.42 Å². The summed E-state index contributed by atoms with van der Waals surface area (Å²) in [7, 11) is -4.18. The predicted octanol–water partition coefficient (Wildman–Crippen LogP) is 5.79. The molecule has 11 nitrogen and oxygen atoms in total. The molecule has 0 saturated heterocycles. The SMILES string of the molecule is Cc1c(C)c(S(=O)(=O)N(CCCCCN2C(=O)c3ccccc3C2=O)OCCCN2C(=O)c3ccccc3C2=O)c(C)c2c1OC(C)(C)CC2. The monoisotopic (exact) mass is 701 g/mol. The number of fused-ring (bicyclic) bond motifs is 3. The van der Waals surface area contributed by atoms with Crippen LogP contribution >= 0.6 is 0 Å². The molecule has 0 spiro atoms. The molecule has 0 unspecified atom stereocenters. The Balaban J connectivity index is 1.16. The summed E-state index contributed by atoms with van der Waals surface area (Å²) in [5.74, 6) is -0.671. The van der Waals surface area contributed by atoms with Gasteiger partial charge < -0.3 is 4.74 Å². The average Bonchev–Trinajstić information content (AvgIpc) is 3.47. The molecule has 3 aromatic rings. The second kappa shape index (κ2) is 13.7. The molecule has 3 heterocycles. The first-order valence-electron chi connectivity index (χ1n) is 17.1. The summed E-state index contributed by atoms with van der Waals surface area (Å²) in [5.41, 5.74) is 3.98. The molecule has 6 rings (SSSR count). The van der Waals surface area contributed by atoms with Crippen molar-refractivity contribution in [2.24, 2.45) is 0 Å². The van der Waals surface area contributed by atoms with Crippen LogP contribution in [0.4, 0.5) is 0 Å². The number of imide groups is 2. The van der Waals surface area contributed by atoms with Crippen molar-refractivity contribution in [2.45, 2.75) is 83.6 Å². The van der Waals surface area contributed by atoms with Crippen LogP contribution in [0.1, 0.15) is 110 Å². The summed E-state index contributed by atoms with van der Waals surface area (Å²) in [6.45, 7) is 9.78. The van der Waals surface area contributed by atoms with Crippen LogP contribution in [0.25, 0.3) is 0 Å². The van der Waals surface area contributed by atoms with Gasteiger partial charge in [-0.3, -0.25) is 33.8 Å². The van der Waals surface area contributed by atoms with Gasteiger partial charge in [0.1, 0.15) is 11.4 Å². The van der Waals surface area contributed by atoms with E-state index in [9.17, 15) is 27.6 Å². The molecule has 4 amide bonds. The molecule has 12 heteroatoms. The molecule has 0 aliphatic carbocycles. The molecule has 50 heavy (non-hydrogen) atoms. The second-order valence-electron chi connectivity index (χ2n) is 13.8. The van der Waals surface area contributed by atoms with Gasteiger partial charge in [0.05, 0.1) is 33.8 Å². The molecule has 0 aromatic heterocycles. The number of carbonyl (C=O) groups excluding carboxylic acids is 4. The number of unbranched alkanes of at least 4 members (excludes halogenated alkanes) is 2. The fourth-order valence-corrected chi connectivity index (χ4v) is 8.89. The fourth-order valence-electron chi connectivity index (χ4n) is 7.05. The normalized spacial score (nSPS) is 16.6. The largest absolute Gasteiger partial charge is 0.487 e. The number of nitrogens with zero attached hydrogens (tertiary/aromatic N) is 3. The van der Waals surface area contributed by atoms with E-state index in [1.807, 2.05) is 27.7 Å². The number of amides is 4. The quantitative estimate of drug-likeness (QED) is 0.124. The highest BCUT2D eigenvalue weighted by atomic mass is 32.2. The standard InChI is InChI=1S/C38H43N3O8S/c1-24-25(2)33(26(3)27-18-19-38(4,5)49-32(24)27)50(46,47)41(48-23-13-21-40-36(44)30-16-9-10-17-31(30)37(40)45)22-12-6-11-20-39-34(42)28-14-7-8-15-29(28)35(39)43/h7-10,14-17H,6,11-13,18-23H2,1-5H3. The molecule has 0 fully saturated rings. The van der Waals surface area contributed by atoms with Crippen LogP contribution in [0.15, 0.2) is 53.4 Å². The van der Waals surface area contributed by atoms with Crippen molar-refractivity contribution >= 4 is 33.7 Å². The Hall–Kier alpha value is -4.39. The van der Waals surface area contributed by atoms with E-state index in [2.05, 4.69) is 0 Å². The summed E-state index contributed by atoms with van der Waals surface area (Å²) in [6, 6.07) is 13.4. The molecule has 3 aromatic carbocycles. The van der Waals surface area contributed by atoms with E-state index >= 15 is 0 Å². The Bertz CT molecular complexity index is 1930. The minimum atomic E-state index is -4.18. The van der Waals surface area contributed by atoms with Crippen molar-refractivity contribution in [1.82, 2.24) is 14.3 Å². The van der Waals surface area contributed by atoms with Crippen molar-refractivity contribution < 1.29 is 37.2 Å². The summed E-state index contributed by atoms with van der Waals surface area (Å²) in [6.07, 6.45) is 3.07. The molecule has 3 aliphatic rings. The first kappa shape index (κ1) is 35.4. The van der Waals surface area contributed by atoms with Crippen LogP contribution in [-0.4, -0.2) is 78.2 Å². The number of carbonyl (C=O) groups is 4. The van der Waals surface area contributed by atoms with E-state index in [0.717, 1.165) is 32.7 Å². The van der Waals surface area contributed by atoms with Crippen LogP contribution in [0.5, 0.6) is 5.75 Å². The summed E-state index contributed by atoms with van der Waals surface area (Å²) < 4.78 is 36.3. The number of ether oxygens (including phenoxy) is 1. The number of rotatable bonds is 13. The van der Waals surface area contributed by atoms with Gasteiger partial charge in [0.2, 0.25) is 0 Å². The first-order chi connectivity index (χ1) is 23.7. The highest BCUT2D eigenvalue weighted by Crippen LogP contribution is 2.43. The summed E-state index contributed by atoms with van der Waals surface area (Å²) in [5, 5.41) is 0. The van der Waals surface area contributed by atoms with E-state index in [1.54, 1.807) is 55.5 Å². The summed E-state index contributed by atoms with van der Waals surface area (Å²) in [4.78, 5) is 59.9. The molecule has 264 valence electrons. The van der Waals surface area contributed by atoms with Crippen LogP contribution < -0.4 is 4.74 Å². The van der Waals surface area contributed by atoms with Gasteiger partial charge >= 0.3 is 0 Å². The van der Waals surface area contributed by atoms with Crippen molar-refractivity contribution in [3.8, 4) is 5.75 Å². The lowest BCUT2D eigenvalue weighted by atomic mass is 9.88. The van der Waals surface area contributed by atoms with Gasteiger partial charge in [-0.05, 0) is 113 Å².